The van der Waals surface area contributed by atoms with E-state index in [-0.39, 0.29) is 0 Å². The van der Waals surface area contributed by atoms with Crippen LogP contribution in [0.25, 0.3) is 0 Å². The molecule has 1 saturated heterocycles. The van der Waals surface area contributed by atoms with Crippen molar-refractivity contribution in [3.63, 3.8) is 0 Å². The number of hydrogen-bond acceptors (Lipinski definition) is 2. The first-order valence-corrected chi connectivity index (χ1v) is 8.20. The summed E-state index contributed by atoms with van der Waals surface area (Å²) in [6.45, 7) is 1.22. The molecule has 2 fully saturated rings. The molecule has 1 heterocycles. The Bertz CT molecular complexity index is 414. The minimum atomic E-state index is 0.441. The number of nitrogens with one attached hydrogen (secondary N) is 1. The van der Waals surface area contributed by atoms with Crippen LogP contribution in [0.4, 0.5) is 0 Å². The van der Waals surface area contributed by atoms with Crippen molar-refractivity contribution in [1.82, 2.24) is 5.32 Å². The van der Waals surface area contributed by atoms with Gasteiger partial charge in [-0.25, -0.2) is 0 Å². The number of aryl methyl sites for hydroxylation is 1. The van der Waals surface area contributed by atoms with Crippen molar-refractivity contribution in [2.45, 2.75) is 56.9 Å². The molecule has 1 aliphatic carbocycles. The highest BCUT2D eigenvalue weighted by Crippen LogP contribution is 2.45. The quantitative estimate of drug-likeness (QED) is 0.877. The zero-order chi connectivity index (χ0) is 13.8. The van der Waals surface area contributed by atoms with Gasteiger partial charge in [-0.3, -0.25) is 0 Å². The molecule has 1 N–H and O–H groups in total. The lowest BCUT2D eigenvalue weighted by molar-refractivity contribution is 0.253. The third kappa shape index (κ3) is 3.17. The van der Waals surface area contributed by atoms with Crippen LogP contribution in [0.2, 0.25) is 0 Å². The number of rotatable bonds is 5. The summed E-state index contributed by atoms with van der Waals surface area (Å²) in [4.78, 5) is 0. The highest BCUT2D eigenvalue weighted by atomic mass is 16.5. The van der Waals surface area contributed by atoms with Gasteiger partial charge in [0, 0.05) is 5.54 Å². The smallest absolute Gasteiger partial charge is 0.118 e. The van der Waals surface area contributed by atoms with Gasteiger partial charge in [-0.15, -0.1) is 0 Å². The largest absolute Gasteiger partial charge is 0.497 e. The predicted molar refractivity (Wildman–Crippen MR) is 83.2 cm³/mol. The highest BCUT2D eigenvalue weighted by molar-refractivity contribution is 5.27. The predicted octanol–water partition coefficient (Wildman–Crippen LogP) is 3.94. The minimum absolute atomic E-state index is 0.441. The number of hydrogen-bond donors (Lipinski definition) is 1. The molecule has 1 atom stereocenters. The van der Waals surface area contributed by atoms with E-state index < -0.39 is 0 Å². The summed E-state index contributed by atoms with van der Waals surface area (Å²) >= 11 is 0. The Morgan fingerprint density at radius 2 is 1.95 bits per heavy atom. The molecule has 0 aromatic heterocycles. The summed E-state index contributed by atoms with van der Waals surface area (Å²) in [7, 11) is 1.73. The molecule has 1 unspecified atom stereocenters. The lowest BCUT2D eigenvalue weighted by Crippen LogP contribution is -2.47. The van der Waals surface area contributed by atoms with Gasteiger partial charge < -0.3 is 10.1 Å². The maximum atomic E-state index is 5.24. The molecule has 3 rings (SSSR count). The molecule has 1 saturated carbocycles. The van der Waals surface area contributed by atoms with E-state index in [0.29, 0.717) is 5.54 Å². The zero-order valence-corrected chi connectivity index (χ0v) is 12.7. The van der Waals surface area contributed by atoms with E-state index in [1.807, 2.05) is 0 Å². The molecule has 2 nitrogen and oxygen atoms in total. The van der Waals surface area contributed by atoms with E-state index in [9.17, 15) is 0 Å². The van der Waals surface area contributed by atoms with Crippen LogP contribution in [0.1, 0.15) is 50.5 Å². The monoisotopic (exact) mass is 273 g/mol. The molecule has 1 aliphatic heterocycles. The van der Waals surface area contributed by atoms with Crippen molar-refractivity contribution in [1.29, 1.82) is 0 Å². The summed E-state index contributed by atoms with van der Waals surface area (Å²) < 4.78 is 5.24. The summed E-state index contributed by atoms with van der Waals surface area (Å²) in [5.41, 5.74) is 1.88. The van der Waals surface area contributed by atoms with E-state index in [1.165, 1.54) is 63.5 Å². The second-order valence-corrected chi connectivity index (χ2v) is 6.52. The van der Waals surface area contributed by atoms with Crippen molar-refractivity contribution >= 4 is 0 Å². The maximum Gasteiger partial charge on any atom is 0.118 e. The van der Waals surface area contributed by atoms with E-state index in [2.05, 4.69) is 29.6 Å². The summed E-state index contributed by atoms with van der Waals surface area (Å²) in [6.07, 6.45) is 10.9. The maximum absolute atomic E-state index is 5.24. The summed E-state index contributed by atoms with van der Waals surface area (Å²) in [5, 5.41) is 3.93. The van der Waals surface area contributed by atoms with Crippen LogP contribution in [-0.2, 0) is 6.42 Å². The van der Waals surface area contributed by atoms with Gasteiger partial charge in [0.2, 0.25) is 0 Å². The van der Waals surface area contributed by atoms with Gasteiger partial charge in [-0.1, -0.05) is 25.0 Å². The Labute approximate surface area is 122 Å². The number of benzene rings is 1. The highest BCUT2D eigenvalue weighted by Gasteiger charge is 2.44. The Morgan fingerprint density at radius 1 is 1.15 bits per heavy atom. The third-order valence-electron chi connectivity index (χ3n) is 5.15. The molecule has 0 radical (unpaired) electrons. The fraction of sp³-hybridized carbons (Fsp3) is 0.667. The van der Waals surface area contributed by atoms with Crippen molar-refractivity contribution in [2.75, 3.05) is 13.7 Å². The van der Waals surface area contributed by atoms with Crippen LogP contribution in [0, 0.1) is 5.92 Å². The second-order valence-electron chi connectivity index (χ2n) is 6.52. The summed E-state index contributed by atoms with van der Waals surface area (Å²) in [6, 6.07) is 8.60. The molecule has 2 aliphatic rings. The molecule has 20 heavy (non-hydrogen) atoms. The van der Waals surface area contributed by atoms with E-state index >= 15 is 0 Å². The lowest BCUT2D eigenvalue weighted by Gasteiger charge is -2.34. The molecule has 0 spiro atoms. The Morgan fingerprint density at radius 3 is 2.65 bits per heavy atom. The van der Waals surface area contributed by atoms with Gasteiger partial charge in [0.15, 0.2) is 0 Å². The van der Waals surface area contributed by atoms with Crippen LogP contribution < -0.4 is 10.1 Å². The normalized spacial score (nSPS) is 27.1. The fourth-order valence-corrected chi connectivity index (χ4v) is 3.73. The molecule has 0 bridgehead atoms. The second kappa shape index (κ2) is 6.17. The first kappa shape index (κ1) is 13.9. The first-order valence-electron chi connectivity index (χ1n) is 8.20. The topological polar surface area (TPSA) is 21.3 Å². The van der Waals surface area contributed by atoms with Gasteiger partial charge in [-0.05, 0) is 68.7 Å². The van der Waals surface area contributed by atoms with Gasteiger partial charge in [-0.2, -0.15) is 0 Å². The average molecular weight is 273 g/mol. The summed E-state index contributed by atoms with van der Waals surface area (Å²) in [5.74, 6) is 1.90. The zero-order valence-electron chi connectivity index (χ0n) is 12.7. The van der Waals surface area contributed by atoms with Crippen molar-refractivity contribution in [3.05, 3.63) is 29.8 Å². The van der Waals surface area contributed by atoms with Crippen molar-refractivity contribution in [2.24, 2.45) is 5.92 Å². The molecule has 110 valence electrons. The van der Waals surface area contributed by atoms with E-state index in [1.54, 1.807) is 7.11 Å². The van der Waals surface area contributed by atoms with Crippen molar-refractivity contribution in [3.8, 4) is 5.75 Å². The van der Waals surface area contributed by atoms with Crippen molar-refractivity contribution < 1.29 is 4.74 Å². The fourth-order valence-electron chi connectivity index (χ4n) is 3.73. The standard InChI is InChI=1S/C18H27NO/c1-20-17-9-5-15(6-10-17)11-13-18(16-7-8-16)12-3-2-4-14-19-18/h5-6,9-10,16,19H,2-4,7-8,11-14H2,1H3. The van der Waals surface area contributed by atoms with E-state index in [4.69, 9.17) is 4.74 Å². The van der Waals surface area contributed by atoms with Crippen LogP contribution in [0.5, 0.6) is 5.75 Å². The number of ether oxygens (including phenoxy) is 1. The number of methoxy groups -OCH3 is 1. The Balaban J connectivity index is 1.64. The molecular formula is C18H27NO. The third-order valence-corrected chi connectivity index (χ3v) is 5.15. The average Bonchev–Trinajstić information content (AvgIpc) is 3.32. The first-order chi connectivity index (χ1) is 9.82. The van der Waals surface area contributed by atoms with Crippen LogP contribution in [0.3, 0.4) is 0 Å². The van der Waals surface area contributed by atoms with E-state index in [0.717, 1.165) is 11.7 Å². The van der Waals surface area contributed by atoms with Gasteiger partial charge in [0.05, 0.1) is 7.11 Å². The Kier molecular flexibility index (Phi) is 4.30. The molecular weight excluding hydrogens is 246 g/mol. The lowest BCUT2D eigenvalue weighted by atomic mass is 9.82. The van der Waals surface area contributed by atoms with Gasteiger partial charge >= 0.3 is 0 Å². The van der Waals surface area contributed by atoms with Crippen LogP contribution in [-0.4, -0.2) is 19.2 Å². The SMILES string of the molecule is COc1ccc(CCC2(C3CC3)CCCCCN2)cc1. The molecule has 1 aromatic carbocycles. The van der Waals surface area contributed by atoms with Gasteiger partial charge in [0.1, 0.15) is 5.75 Å². The Hall–Kier alpha value is -1.02. The van der Waals surface area contributed by atoms with Crippen LogP contribution >= 0.6 is 0 Å². The van der Waals surface area contributed by atoms with Gasteiger partial charge in [0.25, 0.3) is 0 Å². The van der Waals surface area contributed by atoms with Crippen LogP contribution in [0.15, 0.2) is 24.3 Å². The molecule has 0 amide bonds. The molecule has 2 heteroatoms. The minimum Gasteiger partial charge on any atom is -0.497 e. The molecule has 1 aromatic rings.